The van der Waals surface area contributed by atoms with Crippen LogP contribution in [0.15, 0.2) is 36.5 Å². The molecule has 4 rings (SSSR count). The maximum absolute atomic E-state index is 13.1. The molecule has 152 valence electrons. The monoisotopic (exact) mass is 402 g/mol. The van der Waals surface area contributed by atoms with Gasteiger partial charge in [-0.2, -0.15) is 5.10 Å². The quantitative estimate of drug-likeness (QED) is 0.803. The SMILES string of the molecule is CCc1c(C(=O)NC2C3CCCC2CC(N)C3)cnn1Cc1ccccc1.Cl. The van der Waals surface area contributed by atoms with E-state index < -0.39 is 0 Å². The molecule has 2 aliphatic carbocycles. The lowest BCUT2D eigenvalue weighted by Crippen LogP contribution is -2.53. The Morgan fingerprint density at radius 3 is 2.54 bits per heavy atom. The van der Waals surface area contributed by atoms with Crippen molar-refractivity contribution in [3.05, 3.63) is 53.3 Å². The zero-order chi connectivity index (χ0) is 18.8. The first-order chi connectivity index (χ1) is 13.2. The minimum atomic E-state index is 0. The van der Waals surface area contributed by atoms with Crippen molar-refractivity contribution >= 4 is 18.3 Å². The highest BCUT2D eigenvalue weighted by atomic mass is 35.5. The molecule has 28 heavy (non-hydrogen) atoms. The topological polar surface area (TPSA) is 72.9 Å². The second-order valence-electron chi connectivity index (χ2n) is 8.18. The van der Waals surface area contributed by atoms with Crippen molar-refractivity contribution in [2.24, 2.45) is 17.6 Å². The van der Waals surface area contributed by atoms with Crippen molar-refractivity contribution < 1.29 is 4.79 Å². The lowest BCUT2D eigenvalue weighted by molar-refractivity contribution is 0.0755. The summed E-state index contributed by atoms with van der Waals surface area (Å²) in [4.78, 5) is 13.1. The molecule has 0 spiro atoms. The van der Waals surface area contributed by atoms with Crippen LogP contribution in [0, 0.1) is 11.8 Å². The number of rotatable bonds is 5. The third kappa shape index (κ3) is 4.26. The van der Waals surface area contributed by atoms with Gasteiger partial charge in [-0.15, -0.1) is 12.4 Å². The van der Waals surface area contributed by atoms with Gasteiger partial charge in [-0.05, 0) is 49.5 Å². The maximum Gasteiger partial charge on any atom is 0.254 e. The van der Waals surface area contributed by atoms with Crippen LogP contribution in [0.3, 0.4) is 0 Å². The highest BCUT2D eigenvalue weighted by Gasteiger charge is 2.40. The minimum Gasteiger partial charge on any atom is -0.349 e. The van der Waals surface area contributed by atoms with E-state index in [0.29, 0.717) is 24.4 Å². The first kappa shape index (κ1) is 20.9. The van der Waals surface area contributed by atoms with E-state index in [1.54, 1.807) is 6.20 Å². The van der Waals surface area contributed by atoms with Gasteiger partial charge >= 0.3 is 0 Å². The van der Waals surface area contributed by atoms with E-state index in [-0.39, 0.29) is 24.4 Å². The Morgan fingerprint density at radius 2 is 1.89 bits per heavy atom. The fourth-order valence-corrected chi connectivity index (χ4v) is 5.12. The molecular formula is C22H31ClN4O. The molecule has 5 nitrogen and oxygen atoms in total. The van der Waals surface area contributed by atoms with E-state index in [2.05, 4.69) is 29.5 Å². The molecule has 2 fully saturated rings. The average Bonchev–Trinajstić information content (AvgIpc) is 3.06. The van der Waals surface area contributed by atoms with Crippen LogP contribution in [0.1, 0.15) is 60.6 Å². The molecule has 0 saturated heterocycles. The first-order valence-corrected chi connectivity index (χ1v) is 10.3. The van der Waals surface area contributed by atoms with E-state index in [1.807, 2.05) is 22.9 Å². The summed E-state index contributed by atoms with van der Waals surface area (Å²) in [5.74, 6) is 1.09. The van der Waals surface area contributed by atoms with Crippen LogP contribution in [-0.2, 0) is 13.0 Å². The van der Waals surface area contributed by atoms with Crippen LogP contribution in [-0.4, -0.2) is 27.8 Å². The van der Waals surface area contributed by atoms with Crippen LogP contribution < -0.4 is 11.1 Å². The number of carbonyl (C=O) groups excluding carboxylic acids is 1. The van der Waals surface area contributed by atoms with Gasteiger partial charge in [0.25, 0.3) is 5.91 Å². The highest BCUT2D eigenvalue weighted by molar-refractivity contribution is 5.95. The van der Waals surface area contributed by atoms with Crippen LogP contribution in [0.2, 0.25) is 0 Å². The molecule has 6 heteroatoms. The Balaban J connectivity index is 0.00000225. The Hall–Kier alpha value is -1.85. The Labute approximate surface area is 173 Å². The van der Waals surface area contributed by atoms with Gasteiger partial charge in [0.2, 0.25) is 0 Å². The van der Waals surface area contributed by atoms with E-state index in [0.717, 1.165) is 30.5 Å². The van der Waals surface area contributed by atoms with Gasteiger partial charge in [0.15, 0.2) is 0 Å². The summed E-state index contributed by atoms with van der Waals surface area (Å²) in [7, 11) is 0. The highest BCUT2D eigenvalue weighted by Crippen LogP contribution is 2.39. The Bertz CT molecular complexity index is 777. The van der Waals surface area contributed by atoms with E-state index in [4.69, 9.17) is 5.73 Å². The fraction of sp³-hybridized carbons (Fsp3) is 0.545. The number of aromatic nitrogens is 2. The molecular weight excluding hydrogens is 372 g/mol. The molecule has 2 aliphatic rings. The van der Waals surface area contributed by atoms with E-state index in [1.165, 1.54) is 24.8 Å². The van der Waals surface area contributed by atoms with Gasteiger partial charge in [-0.3, -0.25) is 9.48 Å². The number of nitrogens with zero attached hydrogens (tertiary/aromatic N) is 2. The molecule has 0 aliphatic heterocycles. The standard InChI is InChI=1S/C22H30N4O.ClH/c1-2-20-19(13-24-26(20)14-15-7-4-3-5-8-15)22(27)25-21-16-9-6-10-17(21)12-18(23)11-16;/h3-5,7-8,13,16-18,21H,2,6,9-12,14,23H2,1H3,(H,25,27);1H. The molecule has 2 bridgehead atoms. The predicted octanol–water partition coefficient (Wildman–Crippen LogP) is 3.55. The van der Waals surface area contributed by atoms with Gasteiger partial charge in [0.05, 0.1) is 24.0 Å². The van der Waals surface area contributed by atoms with Crippen molar-refractivity contribution in [2.75, 3.05) is 0 Å². The van der Waals surface area contributed by atoms with Crippen LogP contribution in [0.5, 0.6) is 0 Å². The summed E-state index contributed by atoms with van der Waals surface area (Å²) < 4.78 is 1.96. The Morgan fingerprint density at radius 1 is 1.21 bits per heavy atom. The number of carbonyl (C=O) groups is 1. The maximum atomic E-state index is 13.1. The molecule has 2 saturated carbocycles. The largest absolute Gasteiger partial charge is 0.349 e. The van der Waals surface area contributed by atoms with Gasteiger partial charge in [0.1, 0.15) is 0 Å². The summed E-state index contributed by atoms with van der Waals surface area (Å²) in [5.41, 5.74) is 9.15. The fourth-order valence-electron chi connectivity index (χ4n) is 5.12. The van der Waals surface area contributed by atoms with Crippen molar-refractivity contribution in [3.8, 4) is 0 Å². The summed E-state index contributed by atoms with van der Waals surface area (Å²) in [6.45, 7) is 2.78. The second-order valence-corrected chi connectivity index (χ2v) is 8.18. The predicted molar refractivity (Wildman–Crippen MR) is 114 cm³/mol. The number of halogens is 1. The van der Waals surface area contributed by atoms with Crippen LogP contribution in [0.25, 0.3) is 0 Å². The normalized spacial score (nSPS) is 26.4. The van der Waals surface area contributed by atoms with Crippen molar-refractivity contribution in [3.63, 3.8) is 0 Å². The van der Waals surface area contributed by atoms with Crippen molar-refractivity contribution in [1.29, 1.82) is 0 Å². The number of benzene rings is 1. The number of nitrogens with two attached hydrogens (primary N) is 1. The number of fused-ring (bicyclic) bond motifs is 2. The molecule has 1 aromatic carbocycles. The smallest absolute Gasteiger partial charge is 0.254 e. The van der Waals surface area contributed by atoms with Crippen LogP contribution in [0.4, 0.5) is 0 Å². The first-order valence-electron chi connectivity index (χ1n) is 10.3. The van der Waals surface area contributed by atoms with E-state index >= 15 is 0 Å². The molecule has 1 amide bonds. The average molecular weight is 403 g/mol. The molecule has 1 aromatic heterocycles. The van der Waals surface area contributed by atoms with E-state index in [9.17, 15) is 4.79 Å². The van der Waals surface area contributed by atoms with Crippen molar-refractivity contribution in [2.45, 2.75) is 64.1 Å². The lowest BCUT2D eigenvalue weighted by Gasteiger charge is -2.45. The number of nitrogens with one attached hydrogen (secondary N) is 1. The molecule has 1 heterocycles. The number of amides is 1. The van der Waals surface area contributed by atoms with Gasteiger partial charge < -0.3 is 11.1 Å². The zero-order valence-corrected chi connectivity index (χ0v) is 17.3. The zero-order valence-electron chi connectivity index (χ0n) is 16.5. The summed E-state index contributed by atoms with van der Waals surface area (Å²) in [5, 5.41) is 7.88. The summed E-state index contributed by atoms with van der Waals surface area (Å²) >= 11 is 0. The molecule has 2 aromatic rings. The molecule has 2 atom stereocenters. The van der Waals surface area contributed by atoms with Gasteiger partial charge in [-0.25, -0.2) is 0 Å². The summed E-state index contributed by atoms with van der Waals surface area (Å²) in [6, 6.07) is 10.8. The van der Waals surface area contributed by atoms with Crippen molar-refractivity contribution in [1.82, 2.24) is 15.1 Å². The molecule has 3 N–H and O–H groups in total. The number of hydrogen-bond donors (Lipinski definition) is 2. The van der Waals surface area contributed by atoms with Gasteiger partial charge in [0, 0.05) is 12.1 Å². The summed E-state index contributed by atoms with van der Waals surface area (Å²) in [6.07, 6.45) is 8.24. The van der Waals surface area contributed by atoms with Crippen LogP contribution >= 0.6 is 12.4 Å². The second kappa shape index (κ2) is 9.10. The molecule has 2 unspecified atom stereocenters. The lowest BCUT2D eigenvalue weighted by atomic mass is 9.67. The molecule has 0 radical (unpaired) electrons. The van der Waals surface area contributed by atoms with Gasteiger partial charge in [-0.1, -0.05) is 43.7 Å². The number of hydrogen-bond acceptors (Lipinski definition) is 3. The third-order valence-corrected chi connectivity index (χ3v) is 6.38. The minimum absolute atomic E-state index is 0. The Kier molecular flexibility index (Phi) is 6.78. The third-order valence-electron chi connectivity index (χ3n) is 6.38.